The lowest BCUT2D eigenvalue weighted by Gasteiger charge is -2.07. The number of para-hydroxylation sites is 1. The Kier molecular flexibility index (Phi) is 3.39. The fourth-order valence-electron chi connectivity index (χ4n) is 1.39. The molecule has 2 N–H and O–H groups in total. The zero-order chi connectivity index (χ0) is 12.3. The number of hydrogen-bond acceptors (Lipinski definition) is 3. The second-order valence-electron chi connectivity index (χ2n) is 3.44. The van der Waals surface area contributed by atoms with Crippen LogP contribution in [0.15, 0.2) is 35.7 Å². The molecule has 5 heteroatoms. The van der Waals surface area contributed by atoms with Gasteiger partial charge in [0.05, 0.1) is 6.42 Å². The quantitative estimate of drug-likeness (QED) is 0.824. The Hall–Kier alpha value is -1.88. The van der Waals surface area contributed by atoms with E-state index >= 15 is 0 Å². The molecule has 0 aliphatic rings. The van der Waals surface area contributed by atoms with E-state index < -0.39 is 5.82 Å². The van der Waals surface area contributed by atoms with E-state index in [4.69, 9.17) is 0 Å². The maximum Gasteiger partial charge on any atom is 0.229 e. The fourth-order valence-corrected chi connectivity index (χ4v) is 2.10. The van der Waals surface area contributed by atoms with Gasteiger partial charge in [-0.3, -0.25) is 4.79 Å². The molecule has 0 fully saturated rings. The number of carbonyl (C=O) groups is 1. The van der Waals surface area contributed by atoms with Crippen LogP contribution < -0.4 is 5.32 Å². The monoisotopic (exact) mass is 251 g/mol. The molecule has 0 saturated heterocycles. The van der Waals surface area contributed by atoms with Crippen LogP contribution in [0.2, 0.25) is 0 Å². The first kappa shape index (κ1) is 11.6. The van der Waals surface area contributed by atoms with Gasteiger partial charge in [-0.1, -0.05) is 12.1 Å². The van der Waals surface area contributed by atoms with Gasteiger partial charge in [-0.25, -0.2) is 4.39 Å². The molecule has 0 radical (unpaired) electrons. The summed E-state index contributed by atoms with van der Waals surface area (Å²) in [6, 6.07) is 7.54. The summed E-state index contributed by atoms with van der Waals surface area (Å²) in [4.78, 5) is 12.5. The van der Waals surface area contributed by atoms with Crippen LogP contribution in [0.4, 0.5) is 10.1 Å². The number of hydrogen-bond donors (Lipinski definition) is 2. The average molecular weight is 251 g/mol. The summed E-state index contributed by atoms with van der Waals surface area (Å²) in [5.74, 6) is -1.28. The van der Waals surface area contributed by atoms with Gasteiger partial charge in [-0.2, -0.15) is 0 Å². The number of phenolic OH excluding ortho intramolecular Hbond substituents is 1. The van der Waals surface area contributed by atoms with Crippen molar-refractivity contribution in [3.63, 3.8) is 0 Å². The molecule has 17 heavy (non-hydrogen) atoms. The average Bonchev–Trinajstić information content (AvgIpc) is 2.76. The van der Waals surface area contributed by atoms with Crippen molar-refractivity contribution in [2.24, 2.45) is 0 Å². The maximum atomic E-state index is 13.3. The molecule has 3 nitrogen and oxygen atoms in total. The standard InChI is InChI=1S/C12H10FNO2S/c13-9-4-1-5-10(15)12(9)14-11(16)7-8-3-2-6-17-8/h1-6,15H,7H2,(H,14,16). The Balaban J connectivity index is 2.08. The zero-order valence-corrected chi connectivity index (χ0v) is 9.63. The van der Waals surface area contributed by atoms with E-state index in [-0.39, 0.29) is 23.8 Å². The number of carbonyl (C=O) groups excluding carboxylic acids is 1. The molecule has 1 heterocycles. The molecule has 0 atom stereocenters. The molecule has 0 unspecified atom stereocenters. The van der Waals surface area contributed by atoms with Gasteiger partial charge in [-0.05, 0) is 23.6 Å². The Bertz CT molecular complexity index is 505. The fraction of sp³-hybridized carbons (Fsp3) is 0.0833. The lowest BCUT2D eigenvalue weighted by molar-refractivity contribution is -0.115. The van der Waals surface area contributed by atoms with Crippen LogP contribution in [0, 0.1) is 5.82 Å². The number of benzene rings is 1. The van der Waals surface area contributed by atoms with Gasteiger partial charge in [0.1, 0.15) is 11.4 Å². The van der Waals surface area contributed by atoms with Crippen LogP contribution in [0.5, 0.6) is 5.75 Å². The van der Waals surface area contributed by atoms with Crippen molar-refractivity contribution < 1.29 is 14.3 Å². The summed E-state index contributed by atoms with van der Waals surface area (Å²) in [6.07, 6.45) is 0.172. The summed E-state index contributed by atoms with van der Waals surface area (Å²) in [5.41, 5.74) is -0.172. The smallest absolute Gasteiger partial charge is 0.229 e. The Morgan fingerprint density at radius 3 is 2.82 bits per heavy atom. The van der Waals surface area contributed by atoms with Crippen molar-refractivity contribution in [1.29, 1.82) is 0 Å². The van der Waals surface area contributed by atoms with E-state index in [1.54, 1.807) is 0 Å². The van der Waals surface area contributed by atoms with Gasteiger partial charge in [0.15, 0.2) is 5.82 Å². The van der Waals surface area contributed by atoms with Crippen molar-refractivity contribution in [3.05, 3.63) is 46.4 Å². The number of amides is 1. The molecule has 1 amide bonds. The van der Waals surface area contributed by atoms with Crippen LogP contribution in [0.25, 0.3) is 0 Å². The normalized spacial score (nSPS) is 10.2. The van der Waals surface area contributed by atoms with Crippen LogP contribution in [-0.4, -0.2) is 11.0 Å². The molecule has 88 valence electrons. The Morgan fingerprint density at radius 1 is 1.35 bits per heavy atom. The molecule has 0 aliphatic carbocycles. The highest BCUT2D eigenvalue weighted by Gasteiger charge is 2.11. The first-order valence-corrected chi connectivity index (χ1v) is 5.84. The van der Waals surface area contributed by atoms with E-state index in [2.05, 4.69) is 5.32 Å². The van der Waals surface area contributed by atoms with Crippen molar-refractivity contribution in [2.75, 3.05) is 5.32 Å². The van der Waals surface area contributed by atoms with E-state index in [9.17, 15) is 14.3 Å². The molecule has 1 aromatic carbocycles. The third kappa shape index (κ3) is 2.82. The van der Waals surface area contributed by atoms with Crippen molar-refractivity contribution in [3.8, 4) is 5.75 Å². The Labute approximate surface area is 102 Å². The third-order valence-electron chi connectivity index (χ3n) is 2.17. The lowest BCUT2D eigenvalue weighted by atomic mass is 10.2. The minimum atomic E-state index is -0.649. The van der Waals surface area contributed by atoms with E-state index in [1.165, 1.54) is 29.5 Å². The van der Waals surface area contributed by atoms with Crippen molar-refractivity contribution >= 4 is 22.9 Å². The van der Waals surface area contributed by atoms with E-state index in [1.807, 2.05) is 17.5 Å². The summed E-state index contributed by atoms with van der Waals surface area (Å²) >= 11 is 1.45. The van der Waals surface area contributed by atoms with Gasteiger partial charge in [0.25, 0.3) is 0 Å². The molecule has 0 bridgehead atoms. The largest absolute Gasteiger partial charge is 0.506 e. The summed E-state index contributed by atoms with van der Waals surface area (Å²) in [6.45, 7) is 0. The second kappa shape index (κ2) is 4.97. The number of halogens is 1. The van der Waals surface area contributed by atoms with E-state index in [0.717, 1.165) is 4.88 Å². The van der Waals surface area contributed by atoms with Crippen LogP contribution in [0.1, 0.15) is 4.88 Å². The minimum absolute atomic E-state index is 0.172. The second-order valence-corrected chi connectivity index (χ2v) is 4.47. The summed E-state index contributed by atoms with van der Waals surface area (Å²) in [7, 11) is 0. The molecule has 0 saturated carbocycles. The molecule has 0 spiro atoms. The van der Waals surface area contributed by atoms with Gasteiger partial charge in [0, 0.05) is 4.88 Å². The van der Waals surface area contributed by atoms with Crippen molar-refractivity contribution in [2.45, 2.75) is 6.42 Å². The highest BCUT2D eigenvalue weighted by Crippen LogP contribution is 2.25. The zero-order valence-electron chi connectivity index (χ0n) is 8.81. The van der Waals surface area contributed by atoms with Gasteiger partial charge in [-0.15, -0.1) is 11.3 Å². The number of anilines is 1. The number of nitrogens with one attached hydrogen (secondary N) is 1. The van der Waals surface area contributed by atoms with Crippen LogP contribution in [-0.2, 0) is 11.2 Å². The SMILES string of the molecule is O=C(Cc1cccs1)Nc1c(O)cccc1F. The third-order valence-corrected chi connectivity index (χ3v) is 3.05. The number of rotatable bonds is 3. The molecule has 2 aromatic rings. The van der Waals surface area contributed by atoms with Gasteiger partial charge >= 0.3 is 0 Å². The topological polar surface area (TPSA) is 49.3 Å². The number of thiophene rings is 1. The summed E-state index contributed by atoms with van der Waals surface area (Å²) in [5, 5.41) is 13.6. The van der Waals surface area contributed by atoms with Crippen LogP contribution >= 0.6 is 11.3 Å². The first-order valence-electron chi connectivity index (χ1n) is 4.96. The number of aromatic hydroxyl groups is 1. The van der Waals surface area contributed by atoms with Crippen molar-refractivity contribution in [1.82, 2.24) is 0 Å². The van der Waals surface area contributed by atoms with Crippen LogP contribution in [0.3, 0.4) is 0 Å². The lowest BCUT2D eigenvalue weighted by Crippen LogP contribution is -2.14. The highest BCUT2D eigenvalue weighted by atomic mass is 32.1. The first-order chi connectivity index (χ1) is 8.16. The molecule has 0 aliphatic heterocycles. The molecule has 2 rings (SSSR count). The molecular weight excluding hydrogens is 241 g/mol. The molecule has 1 aromatic heterocycles. The van der Waals surface area contributed by atoms with Gasteiger partial charge < -0.3 is 10.4 Å². The number of phenols is 1. The van der Waals surface area contributed by atoms with Gasteiger partial charge in [0.2, 0.25) is 5.91 Å². The molecular formula is C12H10FNO2S. The minimum Gasteiger partial charge on any atom is -0.506 e. The Morgan fingerprint density at radius 2 is 2.18 bits per heavy atom. The maximum absolute atomic E-state index is 13.3. The van der Waals surface area contributed by atoms with E-state index in [0.29, 0.717) is 0 Å². The highest BCUT2D eigenvalue weighted by molar-refractivity contribution is 7.10. The summed E-state index contributed by atoms with van der Waals surface area (Å²) < 4.78 is 13.3. The predicted octanol–water partition coefficient (Wildman–Crippen LogP) is 2.77. The predicted molar refractivity (Wildman–Crippen MR) is 64.7 cm³/mol.